The zero-order chi connectivity index (χ0) is 5.11. The van der Waals surface area contributed by atoms with Gasteiger partial charge in [-0.15, -0.1) is 0 Å². The van der Waals surface area contributed by atoms with E-state index in [9.17, 15) is 0 Å². The molecule has 0 aromatic carbocycles. The predicted molar refractivity (Wildman–Crippen MR) is 24.2 cm³/mol. The van der Waals surface area contributed by atoms with Gasteiger partial charge in [-0.2, -0.15) is 5.48 Å². The molecule has 0 aromatic rings. The average molecular weight is 102 g/mol. The Morgan fingerprint density at radius 1 is 2.00 bits per heavy atom. The van der Waals surface area contributed by atoms with Gasteiger partial charge in [-0.1, -0.05) is 0 Å². The SMILES string of the molecule is COC1[CH]ONC1. The van der Waals surface area contributed by atoms with Gasteiger partial charge in [0.2, 0.25) is 0 Å². The van der Waals surface area contributed by atoms with Crippen molar-refractivity contribution in [3.8, 4) is 0 Å². The maximum atomic E-state index is 4.87. The summed E-state index contributed by atoms with van der Waals surface area (Å²) in [5, 5.41) is 0. The molecule has 1 heterocycles. The van der Waals surface area contributed by atoms with Crippen molar-refractivity contribution in [3.05, 3.63) is 6.61 Å². The lowest BCUT2D eigenvalue weighted by molar-refractivity contribution is 0.113. The van der Waals surface area contributed by atoms with Gasteiger partial charge in [-0.3, -0.25) is 4.84 Å². The molecule has 1 N–H and O–H groups in total. The van der Waals surface area contributed by atoms with Crippen LogP contribution in [-0.2, 0) is 9.57 Å². The van der Waals surface area contributed by atoms with Crippen LogP contribution in [0.2, 0.25) is 0 Å². The van der Waals surface area contributed by atoms with Crippen LogP contribution in [0.25, 0.3) is 0 Å². The highest BCUT2D eigenvalue weighted by molar-refractivity contribution is 4.72. The van der Waals surface area contributed by atoms with Gasteiger partial charge >= 0.3 is 0 Å². The summed E-state index contributed by atoms with van der Waals surface area (Å²) >= 11 is 0. The van der Waals surface area contributed by atoms with E-state index in [4.69, 9.17) is 4.74 Å². The second-order valence-electron chi connectivity index (χ2n) is 1.38. The van der Waals surface area contributed by atoms with E-state index in [1.165, 1.54) is 0 Å². The Labute approximate surface area is 42.6 Å². The number of hydroxylamine groups is 1. The van der Waals surface area contributed by atoms with Crippen LogP contribution in [-0.4, -0.2) is 19.8 Å². The highest BCUT2D eigenvalue weighted by Gasteiger charge is 2.13. The summed E-state index contributed by atoms with van der Waals surface area (Å²) in [6, 6.07) is 0. The van der Waals surface area contributed by atoms with Crippen LogP contribution in [0.15, 0.2) is 0 Å². The van der Waals surface area contributed by atoms with Crippen molar-refractivity contribution >= 4 is 0 Å². The van der Waals surface area contributed by atoms with Gasteiger partial charge < -0.3 is 4.74 Å². The van der Waals surface area contributed by atoms with Crippen molar-refractivity contribution in [2.24, 2.45) is 0 Å². The first-order chi connectivity index (χ1) is 3.43. The van der Waals surface area contributed by atoms with E-state index in [1.807, 2.05) is 0 Å². The van der Waals surface area contributed by atoms with Crippen LogP contribution in [0.1, 0.15) is 0 Å². The van der Waals surface area contributed by atoms with E-state index in [-0.39, 0.29) is 6.10 Å². The molecule has 1 aliphatic heterocycles. The molecule has 7 heavy (non-hydrogen) atoms. The quantitative estimate of drug-likeness (QED) is 0.493. The third-order valence-electron chi connectivity index (χ3n) is 0.890. The predicted octanol–water partition coefficient (Wildman–Crippen LogP) is -0.302. The Bertz CT molecular complexity index is 51.7. The van der Waals surface area contributed by atoms with Crippen LogP contribution >= 0.6 is 0 Å². The molecule has 1 unspecified atom stereocenters. The van der Waals surface area contributed by atoms with Crippen molar-refractivity contribution in [2.45, 2.75) is 6.10 Å². The molecule has 0 amide bonds. The fourth-order valence-corrected chi connectivity index (χ4v) is 0.441. The molecule has 0 saturated carbocycles. The minimum atomic E-state index is 0.139. The monoisotopic (exact) mass is 102 g/mol. The summed E-state index contributed by atoms with van der Waals surface area (Å²) in [7, 11) is 1.65. The molecule has 0 spiro atoms. The molecule has 1 saturated heterocycles. The standard InChI is InChI=1S/C4H8NO2/c1-6-4-2-5-7-3-4/h3-5H,2H2,1H3. The Morgan fingerprint density at radius 2 is 2.86 bits per heavy atom. The summed E-state index contributed by atoms with van der Waals surface area (Å²) in [6.45, 7) is 2.39. The Kier molecular flexibility index (Phi) is 1.62. The number of nitrogens with one attached hydrogen (secondary N) is 1. The van der Waals surface area contributed by atoms with Gasteiger partial charge in [0.15, 0.2) is 0 Å². The second-order valence-corrected chi connectivity index (χ2v) is 1.38. The van der Waals surface area contributed by atoms with Crippen molar-refractivity contribution in [1.82, 2.24) is 5.48 Å². The Hall–Kier alpha value is -0.120. The lowest BCUT2D eigenvalue weighted by atomic mass is 10.4. The van der Waals surface area contributed by atoms with Gasteiger partial charge in [0.05, 0.1) is 6.54 Å². The first-order valence-electron chi connectivity index (χ1n) is 2.18. The molecule has 1 fully saturated rings. The van der Waals surface area contributed by atoms with Crippen LogP contribution in [0.3, 0.4) is 0 Å². The molecule has 1 atom stereocenters. The van der Waals surface area contributed by atoms with E-state index >= 15 is 0 Å². The third-order valence-corrected chi connectivity index (χ3v) is 0.890. The first-order valence-corrected chi connectivity index (χ1v) is 2.18. The summed E-state index contributed by atoms with van der Waals surface area (Å²) in [4.78, 5) is 4.65. The molecule has 0 bridgehead atoms. The van der Waals surface area contributed by atoms with Gasteiger partial charge in [0, 0.05) is 7.11 Å². The van der Waals surface area contributed by atoms with E-state index in [1.54, 1.807) is 13.7 Å². The number of rotatable bonds is 1. The van der Waals surface area contributed by atoms with Crippen LogP contribution in [0.5, 0.6) is 0 Å². The number of ether oxygens (including phenoxy) is 1. The van der Waals surface area contributed by atoms with E-state index in [2.05, 4.69) is 10.3 Å². The second kappa shape index (κ2) is 2.26. The largest absolute Gasteiger partial charge is 0.377 e. The van der Waals surface area contributed by atoms with Crippen molar-refractivity contribution in [1.29, 1.82) is 0 Å². The van der Waals surface area contributed by atoms with Crippen LogP contribution in [0, 0.1) is 6.61 Å². The lowest BCUT2D eigenvalue weighted by Gasteiger charge is -1.98. The molecule has 0 aliphatic carbocycles. The highest BCUT2D eigenvalue weighted by Crippen LogP contribution is 1.99. The normalized spacial score (nSPS) is 31.3. The van der Waals surface area contributed by atoms with Crippen molar-refractivity contribution < 1.29 is 9.57 Å². The fraction of sp³-hybridized carbons (Fsp3) is 0.750. The minimum absolute atomic E-state index is 0.139. The first kappa shape index (κ1) is 5.03. The van der Waals surface area contributed by atoms with Crippen LogP contribution < -0.4 is 5.48 Å². The fourth-order valence-electron chi connectivity index (χ4n) is 0.441. The van der Waals surface area contributed by atoms with Gasteiger partial charge in [0.1, 0.15) is 12.7 Å². The minimum Gasteiger partial charge on any atom is -0.377 e. The van der Waals surface area contributed by atoms with Gasteiger partial charge in [-0.05, 0) is 0 Å². The summed E-state index contributed by atoms with van der Waals surface area (Å²) in [5.41, 5.74) is 2.64. The number of methoxy groups -OCH3 is 1. The molecule has 3 nitrogen and oxygen atoms in total. The molecule has 41 valence electrons. The Morgan fingerprint density at radius 3 is 3.14 bits per heavy atom. The zero-order valence-corrected chi connectivity index (χ0v) is 4.18. The molecular weight excluding hydrogens is 94.0 g/mol. The number of hydrogen-bond donors (Lipinski definition) is 1. The molecule has 0 aromatic heterocycles. The molecule has 3 heteroatoms. The van der Waals surface area contributed by atoms with Gasteiger partial charge in [0.25, 0.3) is 0 Å². The molecule has 1 radical (unpaired) electrons. The summed E-state index contributed by atoms with van der Waals surface area (Å²) in [5.74, 6) is 0. The Balaban J connectivity index is 2.14. The zero-order valence-electron chi connectivity index (χ0n) is 4.18. The molecule has 1 rings (SSSR count). The summed E-state index contributed by atoms with van der Waals surface area (Å²) in [6.07, 6.45) is 0.139. The third kappa shape index (κ3) is 1.12. The maximum absolute atomic E-state index is 4.87. The van der Waals surface area contributed by atoms with E-state index in [0.717, 1.165) is 6.54 Å². The smallest absolute Gasteiger partial charge is 0.137 e. The van der Waals surface area contributed by atoms with E-state index in [0.29, 0.717) is 0 Å². The average Bonchev–Trinajstić information content (AvgIpc) is 2.14. The van der Waals surface area contributed by atoms with E-state index < -0.39 is 0 Å². The lowest BCUT2D eigenvalue weighted by Crippen LogP contribution is -2.14. The highest BCUT2D eigenvalue weighted by atomic mass is 16.7. The van der Waals surface area contributed by atoms with Gasteiger partial charge in [-0.25, -0.2) is 0 Å². The molecule has 1 aliphatic rings. The maximum Gasteiger partial charge on any atom is 0.137 e. The topological polar surface area (TPSA) is 30.5 Å². The molecular formula is C4H8NO2. The summed E-state index contributed by atoms with van der Waals surface area (Å²) < 4.78 is 4.87. The van der Waals surface area contributed by atoms with Crippen LogP contribution in [0.4, 0.5) is 0 Å². The van der Waals surface area contributed by atoms with Crippen molar-refractivity contribution in [3.63, 3.8) is 0 Å². The number of hydrogen-bond acceptors (Lipinski definition) is 3. The van der Waals surface area contributed by atoms with Crippen molar-refractivity contribution in [2.75, 3.05) is 13.7 Å².